The van der Waals surface area contributed by atoms with Crippen molar-refractivity contribution in [3.05, 3.63) is 53.0 Å². The summed E-state index contributed by atoms with van der Waals surface area (Å²) in [6.07, 6.45) is 1.75. The predicted octanol–water partition coefficient (Wildman–Crippen LogP) is 2.34. The van der Waals surface area contributed by atoms with Gasteiger partial charge in [-0.05, 0) is 0 Å². The number of amides is 1. The fourth-order valence-corrected chi connectivity index (χ4v) is 3.44. The summed E-state index contributed by atoms with van der Waals surface area (Å²) in [7, 11) is 0. The zero-order valence-corrected chi connectivity index (χ0v) is 13.6. The zero-order valence-electron chi connectivity index (χ0n) is 11.8. The van der Waals surface area contributed by atoms with Crippen LogP contribution in [0.3, 0.4) is 0 Å². The van der Waals surface area contributed by atoms with E-state index in [1.54, 1.807) is 6.08 Å². The molecular weight excluding hydrogens is 301 g/mol. The van der Waals surface area contributed by atoms with Crippen molar-refractivity contribution in [3.8, 4) is 0 Å². The van der Waals surface area contributed by atoms with Crippen molar-refractivity contribution in [3.63, 3.8) is 0 Å². The topological polar surface area (TPSA) is 20.3 Å². The average Bonchev–Trinajstić information content (AvgIpc) is 2.40. The molecule has 0 radical (unpaired) electrons. The molecule has 0 unspecified atom stereocenters. The van der Waals surface area contributed by atoms with Crippen LogP contribution in [0, 0.1) is 0 Å². The molecule has 0 aromatic heterocycles. The van der Waals surface area contributed by atoms with Gasteiger partial charge < -0.3 is 0 Å². The average molecular weight is 322 g/mol. The summed E-state index contributed by atoms with van der Waals surface area (Å²) in [5, 5.41) is 0. The Labute approximate surface area is 122 Å². The SMILES string of the molecule is C=C(C)/C(=C/C(=O)N(CC)CC)[Se]c1ccccc1. The summed E-state index contributed by atoms with van der Waals surface area (Å²) in [5.41, 5.74) is 0.976. The Morgan fingerprint density at radius 3 is 2.32 bits per heavy atom. The van der Waals surface area contributed by atoms with Crippen LogP contribution in [0.1, 0.15) is 20.8 Å². The van der Waals surface area contributed by atoms with Crippen molar-refractivity contribution < 1.29 is 4.79 Å². The van der Waals surface area contributed by atoms with Crippen LogP contribution >= 0.6 is 0 Å². The van der Waals surface area contributed by atoms with Gasteiger partial charge in [-0.2, -0.15) is 0 Å². The van der Waals surface area contributed by atoms with E-state index in [0.717, 1.165) is 23.1 Å². The van der Waals surface area contributed by atoms with Crippen LogP contribution in [-0.2, 0) is 4.79 Å². The summed E-state index contributed by atoms with van der Waals surface area (Å²) in [6, 6.07) is 10.3. The molecule has 102 valence electrons. The summed E-state index contributed by atoms with van der Waals surface area (Å²) in [4.78, 5) is 14.0. The van der Waals surface area contributed by atoms with Crippen LogP contribution in [0.5, 0.6) is 0 Å². The Balaban J connectivity index is 2.89. The molecule has 0 heterocycles. The van der Waals surface area contributed by atoms with Gasteiger partial charge in [0.05, 0.1) is 0 Å². The van der Waals surface area contributed by atoms with Gasteiger partial charge in [-0.1, -0.05) is 0 Å². The number of hydrogen-bond donors (Lipinski definition) is 0. The van der Waals surface area contributed by atoms with E-state index in [4.69, 9.17) is 0 Å². The molecule has 0 saturated carbocycles. The maximum atomic E-state index is 12.1. The number of nitrogens with zero attached hydrogens (tertiary/aromatic N) is 1. The van der Waals surface area contributed by atoms with E-state index in [-0.39, 0.29) is 20.9 Å². The Morgan fingerprint density at radius 2 is 1.84 bits per heavy atom. The second-order valence-corrected chi connectivity index (χ2v) is 6.55. The molecule has 3 heteroatoms. The molecule has 19 heavy (non-hydrogen) atoms. The van der Waals surface area contributed by atoms with E-state index in [0.29, 0.717) is 0 Å². The molecule has 2 nitrogen and oxygen atoms in total. The number of likely N-dealkylation sites (N-methyl/N-ethyl adjacent to an activating group) is 1. The van der Waals surface area contributed by atoms with Gasteiger partial charge in [0.1, 0.15) is 0 Å². The van der Waals surface area contributed by atoms with Crippen molar-refractivity contribution in [2.24, 2.45) is 0 Å². The molecule has 0 aliphatic heterocycles. The van der Waals surface area contributed by atoms with E-state index < -0.39 is 0 Å². The fourth-order valence-electron chi connectivity index (χ4n) is 1.59. The second-order valence-electron chi connectivity index (χ2n) is 4.21. The maximum absolute atomic E-state index is 12.1. The van der Waals surface area contributed by atoms with E-state index >= 15 is 0 Å². The first-order valence-corrected chi connectivity index (χ1v) is 8.19. The zero-order chi connectivity index (χ0) is 14.3. The van der Waals surface area contributed by atoms with E-state index in [9.17, 15) is 4.79 Å². The van der Waals surface area contributed by atoms with Gasteiger partial charge in [0.15, 0.2) is 0 Å². The Morgan fingerprint density at radius 1 is 1.26 bits per heavy atom. The molecule has 0 atom stereocenters. The molecule has 0 spiro atoms. The minimum absolute atomic E-state index is 0.0841. The summed E-state index contributed by atoms with van der Waals surface area (Å²) >= 11 is 0.135. The molecule has 0 aliphatic carbocycles. The summed E-state index contributed by atoms with van der Waals surface area (Å²) in [5.74, 6) is 0.0841. The Hall–Kier alpha value is -1.31. The first-order valence-electron chi connectivity index (χ1n) is 6.47. The van der Waals surface area contributed by atoms with Gasteiger partial charge >= 0.3 is 122 Å². The number of hydrogen-bond acceptors (Lipinski definition) is 1. The Bertz CT molecular complexity index is 461. The van der Waals surface area contributed by atoms with E-state index in [1.807, 2.05) is 43.9 Å². The summed E-state index contributed by atoms with van der Waals surface area (Å²) in [6.45, 7) is 11.4. The van der Waals surface area contributed by atoms with Crippen molar-refractivity contribution in [1.29, 1.82) is 0 Å². The van der Waals surface area contributed by atoms with Gasteiger partial charge in [0, 0.05) is 0 Å². The van der Waals surface area contributed by atoms with Crippen LogP contribution in [0.4, 0.5) is 0 Å². The van der Waals surface area contributed by atoms with Crippen molar-refractivity contribution in [1.82, 2.24) is 4.90 Å². The van der Waals surface area contributed by atoms with Gasteiger partial charge in [-0.3, -0.25) is 0 Å². The van der Waals surface area contributed by atoms with E-state index in [2.05, 4.69) is 18.7 Å². The van der Waals surface area contributed by atoms with Crippen molar-refractivity contribution >= 4 is 25.3 Å². The van der Waals surface area contributed by atoms with Gasteiger partial charge in [0.25, 0.3) is 0 Å². The minimum atomic E-state index is 0.0841. The fraction of sp³-hybridized carbons (Fsp3) is 0.312. The van der Waals surface area contributed by atoms with Gasteiger partial charge in [-0.15, -0.1) is 0 Å². The van der Waals surface area contributed by atoms with Crippen molar-refractivity contribution in [2.45, 2.75) is 20.8 Å². The standard InChI is InChI=1S/C16H21NOSe/c1-5-17(6-2)16(18)12-15(13(3)4)19-14-10-8-7-9-11-14/h7-12H,3,5-6H2,1-2,4H3/b15-12-. The third-order valence-electron chi connectivity index (χ3n) is 2.72. The monoisotopic (exact) mass is 323 g/mol. The van der Waals surface area contributed by atoms with Crippen LogP contribution in [-0.4, -0.2) is 38.9 Å². The first-order chi connectivity index (χ1) is 9.08. The Kier molecular flexibility index (Phi) is 6.61. The normalized spacial score (nSPS) is 11.2. The number of allylic oxidation sites excluding steroid dienone is 2. The van der Waals surface area contributed by atoms with Crippen molar-refractivity contribution in [2.75, 3.05) is 13.1 Å². The predicted molar refractivity (Wildman–Crippen MR) is 82.7 cm³/mol. The van der Waals surface area contributed by atoms with Gasteiger partial charge in [0.2, 0.25) is 0 Å². The number of benzene rings is 1. The molecule has 0 aliphatic rings. The number of carbonyl (C=O) groups is 1. The number of carbonyl (C=O) groups excluding carboxylic acids is 1. The molecular formula is C16H21NOSe. The third-order valence-corrected chi connectivity index (χ3v) is 5.23. The third kappa shape index (κ3) is 5.06. The molecule has 1 amide bonds. The summed E-state index contributed by atoms with van der Waals surface area (Å²) < 4.78 is 2.33. The molecule has 0 bridgehead atoms. The van der Waals surface area contributed by atoms with Crippen LogP contribution in [0.2, 0.25) is 0 Å². The molecule has 0 N–H and O–H groups in total. The van der Waals surface area contributed by atoms with Gasteiger partial charge in [-0.25, -0.2) is 0 Å². The molecule has 1 rings (SSSR count). The van der Waals surface area contributed by atoms with Crippen LogP contribution in [0.15, 0.2) is 53.0 Å². The van der Waals surface area contributed by atoms with Crippen LogP contribution in [0.25, 0.3) is 0 Å². The molecule has 0 saturated heterocycles. The molecule has 1 aromatic carbocycles. The quantitative estimate of drug-likeness (QED) is 0.447. The van der Waals surface area contributed by atoms with E-state index in [1.165, 1.54) is 4.46 Å². The first kappa shape index (κ1) is 15.7. The molecule has 0 fully saturated rings. The second kappa shape index (κ2) is 7.98. The molecule has 1 aromatic rings. The number of rotatable bonds is 6. The van der Waals surface area contributed by atoms with Crippen LogP contribution < -0.4 is 4.46 Å².